The lowest BCUT2D eigenvalue weighted by Gasteiger charge is -2.17. The fourth-order valence-electron chi connectivity index (χ4n) is 2.13. The molecule has 0 spiro atoms. The molecule has 1 fully saturated rings. The number of nitrogens with one attached hydrogen (secondary N) is 2. The van der Waals surface area contributed by atoms with E-state index in [0.717, 1.165) is 5.56 Å². The zero-order valence-electron chi connectivity index (χ0n) is 10.8. The standard InChI is InChI=1S/C14H16N2O4/c17-12-7-6-10(15-12)13(18)16-11(14(19)20)8-9-4-2-1-3-5-9/h1-5,10-11H,6-8H2,(H,15,17)(H,16,18)(H,19,20)/t10?,11-/m0/s1. The zero-order valence-corrected chi connectivity index (χ0v) is 10.8. The minimum atomic E-state index is -1.09. The molecule has 1 aliphatic rings. The molecule has 2 rings (SSSR count). The fourth-order valence-corrected chi connectivity index (χ4v) is 2.13. The van der Waals surface area contributed by atoms with Gasteiger partial charge in [-0.15, -0.1) is 0 Å². The number of hydrogen-bond acceptors (Lipinski definition) is 3. The Balaban J connectivity index is 1.97. The minimum Gasteiger partial charge on any atom is -0.480 e. The quantitative estimate of drug-likeness (QED) is 0.709. The number of hydrogen-bond donors (Lipinski definition) is 3. The summed E-state index contributed by atoms with van der Waals surface area (Å²) in [6, 6.07) is 7.45. The van der Waals surface area contributed by atoms with Crippen molar-refractivity contribution >= 4 is 17.8 Å². The van der Waals surface area contributed by atoms with Crippen LogP contribution in [-0.2, 0) is 20.8 Å². The third-order valence-corrected chi connectivity index (χ3v) is 3.21. The molecule has 2 amide bonds. The van der Waals surface area contributed by atoms with Crippen molar-refractivity contribution in [2.75, 3.05) is 0 Å². The third-order valence-electron chi connectivity index (χ3n) is 3.21. The molecule has 20 heavy (non-hydrogen) atoms. The molecule has 6 heteroatoms. The number of carbonyl (C=O) groups excluding carboxylic acids is 2. The number of carboxylic acids is 1. The van der Waals surface area contributed by atoms with Crippen molar-refractivity contribution in [3.05, 3.63) is 35.9 Å². The molecule has 1 heterocycles. The van der Waals surface area contributed by atoms with Crippen molar-refractivity contribution in [2.24, 2.45) is 0 Å². The van der Waals surface area contributed by atoms with Gasteiger partial charge in [0.25, 0.3) is 0 Å². The van der Waals surface area contributed by atoms with Gasteiger partial charge in [-0.25, -0.2) is 4.79 Å². The highest BCUT2D eigenvalue weighted by atomic mass is 16.4. The Labute approximate surface area is 116 Å². The summed E-state index contributed by atoms with van der Waals surface area (Å²) in [4.78, 5) is 34.2. The van der Waals surface area contributed by atoms with Crippen LogP contribution in [0.1, 0.15) is 18.4 Å². The van der Waals surface area contributed by atoms with Gasteiger partial charge >= 0.3 is 5.97 Å². The van der Waals surface area contributed by atoms with Crippen LogP contribution in [-0.4, -0.2) is 35.0 Å². The van der Waals surface area contributed by atoms with Gasteiger partial charge in [-0.3, -0.25) is 9.59 Å². The maximum atomic E-state index is 11.9. The van der Waals surface area contributed by atoms with Gasteiger partial charge in [0.15, 0.2) is 0 Å². The Bertz CT molecular complexity index is 515. The molecule has 106 valence electrons. The predicted molar refractivity (Wildman–Crippen MR) is 70.9 cm³/mol. The highest BCUT2D eigenvalue weighted by Crippen LogP contribution is 2.08. The first-order chi connectivity index (χ1) is 9.56. The molecule has 1 aromatic carbocycles. The van der Waals surface area contributed by atoms with Crippen molar-refractivity contribution < 1.29 is 19.5 Å². The Morgan fingerprint density at radius 2 is 2.05 bits per heavy atom. The summed E-state index contributed by atoms with van der Waals surface area (Å²) in [6.07, 6.45) is 0.916. The van der Waals surface area contributed by atoms with Gasteiger partial charge in [0.1, 0.15) is 12.1 Å². The van der Waals surface area contributed by atoms with Gasteiger partial charge in [0, 0.05) is 12.8 Å². The molecule has 0 saturated carbocycles. The topological polar surface area (TPSA) is 95.5 Å². The summed E-state index contributed by atoms with van der Waals surface area (Å²) in [7, 11) is 0. The van der Waals surface area contributed by atoms with Crippen LogP contribution in [0, 0.1) is 0 Å². The molecule has 2 atom stereocenters. The van der Waals surface area contributed by atoms with Crippen LogP contribution in [0.15, 0.2) is 30.3 Å². The third kappa shape index (κ3) is 3.57. The number of carbonyl (C=O) groups is 3. The molecule has 0 aromatic heterocycles. The summed E-state index contributed by atoms with van der Waals surface area (Å²) < 4.78 is 0. The molecule has 1 unspecified atom stereocenters. The summed E-state index contributed by atoms with van der Waals surface area (Å²) in [6.45, 7) is 0. The second kappa shape index (κ2) is 6.18. The highest BCUT2D eigenvalue weighted by Gasteiger charge is 2.30. The van der Waals surface area contributed by atoms with Crippen molar-refractivity contribution in [1.29, 1.82) is 0 Å². The van der Waals surface area contributed by atoms with E-state index in [1.807, 2.05) is 18.2 Å². The van der Waals surface area contributed by atoms with Gasteiger partial charge in [-0.05, 0) is 12.0 Å². The Hall–Kier alpha value is -2.37. The molecule has 3 N–H and O–H groups in total. The smallest absolute Gasteiger partial charge is 0.326 e. The van der Waals surface area contributed by atoms with Crippen LogP contribution in [0.5, 0.6) is 0 Å². The van der Waals surface area contributed by atoms with E-state index in [1.165, 1.54) is 0 Å². The van der Waals surface area contributed by atoms with E-state index in [1.54, 1.807) is 12.1 Å². The van der Waals surface area contributed by atoms with Crippen molar-refractivity contribution in [3.8, 4) is 0 Å². The monoisotopic (exact) mass is 276 g/mol. The lowest BCUT2D eigenvalue weighted by Crippen LogP contribution is -2.49. The van der Waals surface area contributed by atoms with E-state index in [0.29, 0.717) is 12.8 Å². The van der Waals surface area contributed by atoms with E-state index < -0.39 is 24.0 Å². The highest BCUT2D eigenvalue weighted by molar-refractivity contribution is 5.92. The SMILES string of the molecule is O=C1CCC(C(=O)N[C@@H](Cc2ccccc2)C(=O)O)N1. The second-order valence-electron chi connectivity index (χ2n) is 4.75. The number of amides is 2. The molecule has 1 aliphatic heterocycles. The van der Waals surface area contributed by atoms with Crippen LogP contribution >= 0.6 is 0 Å². The maximum Gasteiger partial charge on any atom is 0.326 e. The molecular formula is C14H16N2O4. The van der Waals surface area contributed by atoms with Crippen molar-refractivity contribution in [2.45, 2.75) is 31.3 Å². The lowest BCUT2D eigenvalue weighted by molar-refractivity contribution is -0.142. The summed E-state index contributed by atoms with van der Waals surface area (Å²) >= 11 is 0. The molecule has 0 aliphatic carbocycles. The van der Waals surface area contributed by atoms with Crippen molar-refractivity contribution in [3.63, 3.8) is 0 Å². The first kappa shape index (κ1) is 14.0. The predicted octanol–water partition coefficient (Wildman–Crippen LogP) is 0.0771. The van der Waals surface area contributed by atoms with Crippen LogP contribution in [0.25, 0.3) is 0 Å². The number of carboxylic acid groups (broad SMARTS) is 1. The average Bonchev–Trinajstić information content (AvgIpc) is 2.86. The zero-order chi connectivity index (χ0) is 14.5. The molecule has 1 saturated heterocycles. The maximum absolute atomic E-state index is 11.9. The lowest BCUT2D eigenvalue weighted by atomic mass is 10.1. The van der Waals surface area contributed by atoms with E-state index in [2.05, 4.69) is 10.6 Å². The minimum absolute atomic E-state index is 0.180. The van der Waals surface area contributed by atoms with E-state index >= 15 is 0 Å². The number of benzene rings is 1. The van der Waals surface area contributed by atoms with Gasteiger partial charge in [0.2, 0.25) is 11.8 Å². The second-order valence-corrected chi connectivity index (χ2v) is 4.75. The first-order valence-corrected chi connectivity index (χ1v) is 6.42. The van der Waals surface area contributed by atoms with E-state index in [-0.39, 0.29) is 12.3 Å². The average molecular weight is 276 g/mol. The number of aliphatic carboxylic acids is 1. The van der Waals surface area contributed by atoms with Crippen LogP contribution in [0.2, 0.25) is 0 Å². The Morgan fingerprint density at radius 3 is 2.60 bits per heavy atom. The Kier molecular flexibility index (Phi) is 4.34. The van der Waals surface area contributed by atoms with Crippen LogP contribution < -0.4 is 10.6 Å². The largest absolute Gasteiger partial charge is 0.480 e. The van der Waals surface area contributed by atoms with E-state index in [9.17, 15) is 19.5 Å². The van der Waals surface area contributed by atoms with Gasteiger partial charge < -0.3 is 15.7 Å². The van der Waals surface area contributed by atoms with Gasteiger partial charge in [-0.2, -0.15) is 0 Å². The molecule has 6 nitrogen and oxygen atoms in total. The normalized spacial score (nSPS) is 19.2. The first-order valence-electron chi connectivity index (χ1n) is 6.42. The molecule has 0 radical (unpaired) electrons. The van der Waals surface area contributed by atoms with Gasteiger partial charge in [0.05, 0.1) is 0 Å². The fraction of sp³-hybridized carbons (Fsp3) is 0.357. The Morgan fingerprint density at radius 1 is 1.35 bits per heavy atom. The molecule has 1 aromatic rings. The summed E-state index contributed by atoms with van der Waals surface area (Å²) in [5.74, 6) is -1.72. The summed E-state index contributed by atoms with van der Waals surface area (Å²) in [5.41, 5.74) is 0.829. The number of rotatable bonds is 5. The van der Waals surface area contributed by atoms with Gasteiger partial charge in [-0.1, -0.05) is 30.3 Å². The van der Waals surface area contributed by atoms with Crippen LogP contribution in [0.3, 0.4) is 0 Å². The van der Waals surface area contributed by atoms with E-state index in [4.69, 9.17) is 0 Å². The van der Waals surface area contributed by atoms with Crippen molar-refractivity contribution in [1.82, 2.24) is 10.6 Å². The molecule has 0 bridgehead atoms. The molecular weight excluding hydrogens is 260 g/mol. The van der Waals surface area contributed by atoms with Crippen LogP contribution in [0.4, 0.5) is 0 Å². The summed E-state index contributed by atoms with van der Waals surface area (Å²) in [5, 5.41) is 14.2.